The van der Waals surface area contributed by atoms with E-state index in [4.69, 9.17) is 9.47 Å². The molecular weight excluding hydrogens is 282 g/mol. The van der Waals surface area contributed by atoms with Crippen molar-refractivity contribution in [2.45, 2.75) is 57.8 Å². The van der Waals surface area contributed by atoms with Gasteiger partial charge in [0.2, 0.25) is 5.91 Å². The summed E-state index contributed by atoms with van der Waals surface area (Å²) in [5.74, 6) is -1.14. The minimum absolute atomic E-state index is 0.0404. The van der Waals surface area contributed by atoms with Crippen molar-refractivity contribution in [3.05, 3.63) is 12.2 Å². The van der Waals surface area contributed by atoms with Crippen LogP contribution in [0.2, 0.25) is 0 Å². The molecule has 0 radical (unpaired) electrons. The Morgan fingerprint density at radius 1 is 1.55 bits per heavy atom. The van der Waals surface area contributed by atoms with Crippen molar-refractivity contribution in [1.29, 1.82) is 0 Å². The lowest BCUT2D eigenvalue weighted by Gasteiger charge is -2.26. The molecule has 2 saturated heterocycles. The lowest BCUT2D eigenvalue weighted by Crippen LogP contribution is -2.41. The molecule has 3 rings (SSSR count). The molecule has 5 nitrogen and oxygen atoms in total. The summed E-state index contributed by atoms with van der Waals surface area (Å²) in [4.78, 5) is 27.1. The SMILES string of the molecule is CCCCOC(=O)[C@H]1[C@@H]2C=C[C@]3(CN([C@@H](C)CC)C(=O)[C@H]13)O2. The Hall–Kier alpha value is -1.36. The Kier molecular flexibility index (Phi) is 4.02. The summed E-state index contributed by atoms with van der Waals surface area (Å²) < 4.78 is 11.4. The molecule has 3 heterocycles. The van der Waals surface area contributed by atoms with Gasteiger partial charge in [-0.3, -0.25) is 9.59 Å². The van der Waals surface area contributed by atoms with E-state index >= 15 is 0 Å². The molecule has 0 aromatic heterocycles. The highest BCUT2D eigenvalue weighted by atomic mass is 16.6. The quantitative estimate of drug-likeness (QED) is 0.427. The fourth-order valence-electron chi connectivity index (χ4n) is 3.80. The third kappa shape index (κ3) is 2.18. The van der Waals surface area contributed by atoms with Crippen molar-refractivity contribution in [1.82, 2.24) is 4.90 Å². The lowest BCUT2D eigenvalue weighted by atomic mass is 9.77. The highest BCUT2D eigenvalue weighted by molar-refractivity contribution is 5.91. The number of carbonyl (C=O) groups is 2. The average Bonchev–Trinajstić information content (AvgIpc) is 3.15. The molecule has 2 fully saturated rings. The topological polar surface area (TPSA) is 55.8 Å². The Morgan fingerprint density at radius 3 is 3.00 bits per heavy atom. The zero-order valence-electron chi connectivity index (χ0n) is 13.6. The molecule has 0 aromatic rings. The average molecular weight is 307 g/mol. The van der Waals surface area contributed by atoms with Gasteiger partial charge in [0.25, 0.3) is 0 Å². The van der Waals surface area contributed by atoms with E-state index in [0.29, 0.717) is 13.2 Å². The summed E-state index contributed by atoms with van der Waals surface area (Å²) in [5, 5.41) is 0. The number of esters is 1. The maximum atomic E-state index is 12.8. The van der Waals surface area contributed by atoms with E-state index < -0.39 is 17.4 Å². The molecule has 0 N–H and O–H groups in total. The minimum Gasteiger partial charge on any atom is -0.465 e. The van der Waals surface area contributed by atoms with Gasteiger partial charge in [-0.25, -0.2) is 0 Å². The van der Waals surface area contributed by atoms with Crippen LogP contribution in [0.25, 0.3) is 0 Å². The molecule has 1 amide bonds. The number of ether oxygens (including phenoxy) is 2. The van der Waals surface area contributed by atoms with E-state index in [9.17, 15) is 9.59 Å². The number of unbranched alkanes of at least 4 members (excludes halogenated alkanes) is 1. The molecular formula is C17H25NO4. The first-order valence-corrected chi connectivity index (χ1v) is 8.38. The van der Waals surface area contributed by atoms with Gasteiger partial charge in [-0.05, 0) is 19.8 Å². The van der Waals surface area contributed by atoms with Gasteiger partial charge in [0.15, 0.2) is 0 Å². The summed E-state index contributed by atoms with van der Waals surface area (Å²) in [6, 6.07) is 0.167. The molecule has 0 aliphatic carbocycles. The Bertz CT molecular complexity index is 503. The maximum absolute atomic E-state index is 12.8. The number of hydrogen-bond acceptors (Lipinski definition) is 4. The lowest BCUT2D eigenvalue weighted by molar-refractivity contribution is -0.154. The van der Waals surface area contributed by atoms with Gasteiger partial charge in [-0.2, -0.15) is 0 Å². The van der Waals surface area contributed by atoms with Crippen LogP contribution in [-0.4, -0.2) is 47.7 Å². The first-order valence-electron chi connectivity index (χ1n) is 8.38. The van der Waals surface area contributed by atoms with E-state index in [2.05, 4.69) is 13.8 Å². The van der Waals surface area contributed by atoms with Gasteiger partial charge < -0.3 is 14.4 Å². The van der Waals surface area contributed by atoms with Crippen LogP contribution in [-0.2, 0) is 19.1 Å². The molecule has 2 bridgehead atoms. The van der Waals surface area contributed by atoms with Crippen molar-refractivity contribution < 1.29 is 19.1 Å². The summed E-state index contributed by atoms with van der Waals surface area (Å²) >= 11 is 0. The standard InChI is InChI=1S/C17H25NO4/c1-4-6-9-21-16(20)13-12-7-8-17(22-12)10-18(11(3)5-2)15(19)14(13)17/h7-8,11-14H,4-6,9-10H2,1-3H3/t11-,12-,13-,14-,17+/m0/s1. The van der Waals surface area contributed by atoms with Crippen molar-refractivity contribution in [2.24, 2.45) is 11.8 Å². The molecule has 0 aromatic carbocycles. The summed E-state index contributed by atoms with van der Waals surface area (Å²) in [7, 11) is 0. The third-order valence-electron chi connectivity index (χ3n) is 5.27. The van der Waals surface area contributed by atoms with Gasteiger partial charge >= 0.3 is 5.97 Å². The first kappa shape index (κ1) is 15.5. The summed E-state index contributed by atoms with van der Waals surface area (Å²) in [5.41, 5.74) is -0.611. The smallest absolute Gasteiger partial charge is 0.312 e. The second-order valence-corrected chi connectivity index (χ2v) is 6.64. The van der Waals surface area contributed by atoms with Crippen LogP contribution in [0.15, 0.2) is 12.2 Å². The molecule has 22 heavy (non-hydrogen) atoms. The van der Waals surface area contributed by atoms with Crippen LogP contribution < -0.4 is 0 Å². The molecule has 122 valence electrons. The van der Waals surface area contributed by atoms with E-state index in [1.54, 1.807) is 0 Å². The van der Waals surface area contributed by atoms with E-state index in [1.807, 2.05) is 24.0 Å². The number of likely N-dealkylation sites (tertiary alicyclic amines) is 1. The van der Waals surface area contributed by atoms with Crippen LogP contribution in [0.5, 0.6) is 0 Å². The number of nitrogens with zero attached hydrogens (tertiary/aromatic N) is 1. The van der Waals surface area contributed by atoms with Crippen molar-refractivity contribution in [2.75, 3.05) is 13.2 Å². The Balaban J connectivity index is 1.79. The fraction of sp³-hybridized carbons (Fsp3) is 0.765. The monoisotopic (exact) mass is 307 g/mol. The van der Waals surface area contributed by atoms with Crippen molar-refractivity contribution >= 4 is 11.9 Å². The van der Waals surface area contributed by atoms with Crippen LogP contribution in [0.1, 0.15) is 40.0 Å². The second kappa shape index (κ2) is 5.69. The predicted octanol–water partition coefficient (Wildman–Crippen LogP) is 1.91. The van der Waals surface area contributed by atoms with Crippen LogP contribution in [0.4, 0.5) is 0 Å². The second-order valence-electron chi connectivity index (χ2n) is 6.64. The van der Waals surface area contributed by atoms with E-state index in [0.717, 1.165) is 19.3 Å². The zero-order chi connectivity index (χ0) is 15.9. The largest absolute Gasteiger partial charge is 0.465 e. The maximum Gasteiger partial charge on any atom is 0.312 e. The normalized spacial score (nSPS) is 36.8. The highest BCUT2D eigenvalue weighted by Crippen LogP contribution is 2.52. The fourth-order valence-corrected chi connectivity index (χ4v) is 3.80. The van der Waals surface area contributed by atoms with E-state index in [-0.39, 0.29) is 24.0 Å². The molecule has 1 spiro atoms. The molecule has 3 aliphatic heterocycles. The van der Waals surface area contributed by atoms with Gasteiger partial charge in [0.05, 0.1) is 25.2 Å². The molecule has 5 heteroatoms. The van der Waals surface area contributed by atoms with Gasteiger partial charge in [0, 0.05) is 6.04 Å². The Morgan fingerprint density at radius 2 is 2.32 bits per heavy atom. The van der Waals surface area contributed by atoms with Crippen molar-refractivity contribution in [3.8, 4) is 0 Å². The highest BCUT2D eigenvalue weighted by Gasteiger charge is 2.67. The number of carbonyl (C=O) groups excluding carboxylic acids is 2. The summed E-state index contributed by atoms with van der Waals surface area (Å²) in [6.07, 6.45) is 6.33. The molecule has 3 aliphatic rings. The van der Waals surface area contributed by atoms with Crippen LogP contribution in [0.3, 0.4) is 0 Å². The molecule has 0 unspecified atom stereocenters. The van der Waals surface area contributed by atoms with Gasteiger partial charge in [-0.1, -0.05) is 32.4 Å². The van der Waals surface area contributed by atoms with Crippen molar-refractivity contribution in [3.63, 3.8) is 0 Å². The zero-order valence-corrected chi connectivity index (χ0v) is 13.6. The van der Waals surface area contributed by atoms with Crippen LogP contribution in [0, 0.1) is 11.8 Å². The number of amides is 1. The number of fused-ring (bicyclic) bond motifs is 1. The van der Waals surface area contributed by atoms with Gasteiger partial charge in [-0.15, -0.1) is 0 Å². The predicted molar refractivity (Wildman–Crippen MR) is 81.1 cm³/mol. The van der Waals surface area contributed by atoms with Crippen LogP contribution >= 0.6 is 0 Å². The molecule has 0 saturated carbocycles. The molecule has 5 atom stereocenters. The van der Waals surface area contributed by atoms with Gasteiger partial charge in [0.1, 0.15) is 11.5 Å². The van der Waals surface area contributed by atoms with E-state index in [1.165, 1.54) is 0 Å². The minimum atomic E-state index is -0.611. The first-order chi connectivity index (χ1) is 10.5. The summed E-state index contributed by atoms with van der Waals surface area (Å²) in [6.45, 7) is 7.13. The Labute approximate surface area is 131 Å². The third-order valence-corrected chi connectivity index (χ3v) is 5.27. The number of rotatable bonds is 6. The number of hydrogen-bond donors (Lipinski definition) is 0.